The van der Waals surface area contributed by atoms with E-state index in [1.54, 1.807) is 0 Å². The van der Waals surface area contributed by atoms with Crippen molar-refractivity contribution in [1.29, 1.82) is 0 Å². The van der Waals surface area contributed by atoms with Crippen LogP contribution in [0.1, 0.15) is 25.0 Å². The lowest BCUT2D eigenvalue weighted by Crippen LogP contribution is -2.25. The highest BCUT2D eigenvalue weighted by molar-refractivity contribution is 9.10. The number of nitrogens with zero attached hydrogens (tertiary/aromatic N) is 1. The number of esters is 1. The van der Waals surface area contributed by atoms with Crippen molar-refractivity contribution < 1.29 is 9.53 Å². The van der Waals surface area contributed by atoms with Gasteiger partial charge < -0.3 is 16.2 Å². The van der Waals surface area contributed by atoms with E-state index in [4.69, 9.17) is 16.2 Å². The van der Waals surface area contributed by atoms with Crippen LogP contribution in [0.2, 0.25) is 0 Å². The van der Waals surface area contributed by atoms with Gasteiger partial charge >= 0.3 is 5.97 Å². The predicted molar refractivity (Wildman–Crippen MR) is 79.2 cm³/mol. The van der Waals surface area contributed by atoms with Crippen molar-refractivity contribution >= 4 is 27.9 Å². The molecule has 19 heavy (non-hydrogen) atoms. The van der Waals surface area contributed by atoms with Crippen LogP contribution < -0.4 is 16.2 Å². The molecule has 6 heteroatoms. The third-order valence-electron chi connectivity index (χ3n) is 2.58. The summed E-state index contributed by atoms with van der Waals surface area (Å²) in [6, 6.07) is 3.89. The lowest BCUT2D eigenvalue weighted by Gasteiger charge is -2.13. The first kappa shape index (κ1) is 15.5. The molecule has 0 heterocycles. The minimum Gasteiger partial charge on any atom is -0.425 e. The SMILES string of the molecule is CCc1cc(Br)cc(CC)c1OC(=O)CN=C(N)N. The fraction of sp³-hybridized carbons (Fsp3) is 0.385. The molecule has 0 aliphatic rings. The number of benzene rings is 1. The maximum Gasteiger partial charge on any atom is 0.333 e. The van der Waals surface area contributed by atoms with Crippen molar-refractivity contribution in [1.82, 2.24) is 0 Å². The van der Waals surface area contributed by atoms with Crippen LogP contribution in [-0.4, -0.2) is 18.5 Å². The van der Waals surface area contributed by atoms with Crippen LogP contribution >= 0.6 is 15.9 Å². The van der Waals surface area contributed by atoms with Gasteiger partial charge in [0, 0.05) is 4.47 Å². The molecule has 0 atom stereocenters. The fourth-order valence-corrected chi connectivity index (χ4v) is 2.22. The second-order valence-corrected chi connectivity index (χ2v) is 4.89. The highest BCUT2D eigenvalue weighted by Gasteiger charge is 2.13. The highest BCUT2D eigenvalue weighted by atomic mass is 79.9. The van der Waals surface area contributed by atoms with Crippen LogP contribution in [0.3, 0.4) is 0 Å². The molecule has 0 saturated heterocycles. The molecule has 104 valence electrons. The summed E-state index contributed by atoms with van der Waals surface area (Å²) in [6.07, 6.45) is 1.55. The van der Waals surface area contributed by atoms with Crippen LogP contribution in [-0.2, 0) is 17.6 Å². The molecular weight excluding hydrogens is 310 g/mol. The van der Waals surface area contributed by atoms with E-state index >= 15 is 0 Å². The number of carbonyl (C=O) groups is 1. The summed E-state index contributed by atoms with van der Waals surface area (Å²) in [5.41, 5.74) is 12.3. The third-order valence-corrected chi connectivity index (χ3v) is 3.03. The van der Waals surface area contributed by atoms with E-state index in [9.17, 15) is 4.79 Å². The molecule has 5 nitrogen and oxygen atoms in total. The monoisotopic (exact) mass is 327 g/mol. The van der Waals surface area contributed by atoms with Gasteiger partial charge in [0.15, 0.2) is 5.96 Å². The van der Waals surface area contributed by atoms with Gasteiger partial charge in [0.1, 0.15) is 12.3 Å². The molecule has 0 aliphatic carbocycles. The summed E-state index contributed by atoms with van der Waals surface area (Å²) in [6.45, 7) is 3.84. The molecule has 1 rings (SSSR count). The van der Waals surface area contributed by atoms with Crippen molar-refractivity contribution in [3.05, 3.63) is 27.7 Å². The molecule has 0 saturated carbocycles. The largest absolute Gasteiger partial charge is 0.425 e. The van der Waals surface area contributed by atoms with E-state index in [0.717, 1.165) is 28.4 Å². The highest BCUT2D eigenvalue weighted by Crippen LogP contribution is 2.29. The summed E-state index contributed by atoms with van der Waals surface area (Å²) >= 11 is 3.45. The first-order valence-corrected chi connectivity index (χ1v) is 6.84. The van der Waals surface area contributed by atoms with E-state index in [1.165, 1.54) is 0 Å². The second kappa shape index (κ2) is 7.13. The quantitative estimate of drug-likeness (QED) is 0.373. The Balaban J connectivity index is 2.99. The van der Waals surface area contributed by atoms with Crippen LogP contribution in [0, 0.1) is 0 Å². The number of aryl methyl sites for hydroxylation is 2. The van der Waals surface area contributed by atoms with Gasteiger partial charge in [-0.3, -0.25) is 0 Å². The number of carbonyl (C=O) groups excluding carboxylic acids is 1. The van der Waals surface area contributed by atoms with Crippen LogP contribution in [0.25, 0.3) is 0 Å². The smallest absolute Gasteiger partial charge is 0.333 e. The maximum atomic E-state index is 11.7. The third kappa shape index (κ3) is 4.55. The zero-order valence-corrected chi connectivity index (χ0v) is 12.7. The van der Waals surface area contributed by atoms with Gasteiger partial charge in [-0.05, 0) is 36.1 Å². The van der Waals surface area contributed by atoms with Gasteiger partial charge in [-0.25, -0.2) is 9.79 Å². The van der Waals surface area contributed by atoms with Crippen molar-refractivity contribution in [2.24, 2.45) is 16.5 Å². The predicted octanol–water partition coefficient (Wildman–Crippen LogP) is 1.75. The summed E-state index contributed by atoms with van der Waals surface area (Å²) in [7, 11) is 0. The van der Waals surface area contributed by atoms with Crippen molar-refractivity contribution in [3.8, 4) is 5.75 Å². The van der Waals surface area contributed by atoms with Crippen LogP contribution in [0.5, 0.6) is 5.75 Å². The Bertz CT molecular complexity index is 472. The first-order chi connectivity index (χ1) is 8.97. The lowest BCUT2D eigenvalue weighted by atomic mass is 10.0. The number of aliphatic imine (C=N–C) groups is 1. The number of rotatable bonds is 5. The molecule has 0 aliphatic heterocycles. The number of guanidine groups is 1. The molecule has 4 N–H and O–H groups in total. The Morgan fingerprint density at radius 3 is 2.21 bits per heavy atom. The lowest BCUT2D eigenvalue weighted by molar-refractivity contribution is -0.132. The zero-order chi connectivity index (χ0) is 14.4. The number of hydrogen-bond acceptors (Lipinski definition) is 3. The van der Waals surface area contributed by atoms with Gasteiger partial charge in [-0.2, -0.15) is 0 Å². The normalized spacial score (nSPS) is 10.1. The van der Waals surface area contributed by atoms with Gasteiger partial charge in [-0.1, -0.05) is 29.8 Å². The molecule has 0 radical (unpaired) electrons. The zero-order valence-electron chi connectivity index (χ0n) is 11.1. The molecule has 0 bridgehead atoms. The topological polar surface area (TPSA) is 90.7 Å². The summed E-state index contributed by atoms with van der Waals surface area (Å²) in [4.78, 5) is 15.3. The Labute approximate surface area is 121 Å². The Morgan fingerprint density at radius 2 is 1.79 bits per heavy atom. The minimum atomic E-state index is -0.472. The van der Waals surface area contributed by atoms with Crippen molar-refractivity contribution in [2.45, 2.75) is 26.7 Å². The summed E-state index contributed by atoms with van der Waals surface area (Å²) < 4.78 is 6.36. The Kier molecular flexibility index (Phi) is 5.82. The average Bonchev–Trinajstić information content (AvgIpc) is 2.37. The molecule has 0 spiro atoms. The van der Waals surface area contributed by atoms with Gasteiger partial charge in [0.05, 0.1) is 0 Å². The molecule has 0 aromatic heterocycles. The van der Waals surface area contributed by atoms with E-state index in [-0.39, 0.29) is 12.5 Å². The molecule has 0 unspecified atom stereocenters. The molecule has 1 aromatic carbocycles. The standard InChI is InChI=1S/C13H18BrN3O2/c1-3-8-5-10(14)6-9(4-2)12(8)19-11(18)7-17-13(15)16/h5-6H,3-4,7H2,1-2H3,(H4,15,16,17). The van der Waals surface area contributed by atoms with Gasteiger partial charge in [-0.15, -0.1) is 0 Å². The Hall–Kier alpha value is -1.56. The average molecular weight is 328 g/mol. The molecule has 0 amide bonds. The van der Waals surface area contributed by atoms with Crippen LogP contribution in [0.4, 0.5) is 0 Å². The minimum absolute atomic E-state index is 0.126. The van der Waals surface area contributed by atoms with E-state index < -0.39 is 5.97 Å². The number of hydrogen-bond donors (Lipinski definition) is 2. The number of halogens is 1. The Morgan fingerprint density at radius 1 is 1.26 bits per heavy atom. The molecular formula is C13H18BrN3O2. The molecule has 0 fully saturated rings. The van der Waals surface area contributed by atoms with E-state index in [2.05, 4.69) is 20.9 Å². The maximum absolute atomic E-state index is 11.7. The summed E-state index contributed by atoms with van der Waals surface area (Å²) in [5.74, 6) is 0.0169. The van der Waals surface area contributed by atoms with E-state index in [0.29, 0.717) is 5.75 Å². The van der Waals surface area contributed by atoms with Crippen molar-refractivity contribution in [2.75, 3.05) is 6.54 Å². The van der Waals surface area contributed by atoms with Gasteiger partial charge in [0.2, 0.25) is 0 Å². The van der Waals surface area contributed by atoms with E-state index in [1.807, 2.05) is 26.0 Å². The molecule has 1 aromatic rings. The second-order valence-electron chi connectivity index (χ2n) is 3.98. The number of ether oxygens (including phenoxy) is 1. The van der Waals surface area contributed by atoms with Crippen LogP contribution in [0.15, 0.2) is 21.6 Å². The summed E-state index contributed by atoms with van der Waals surface area (Å²) in [5, 5.41) is 0. The van der Waals surface area contributed by atoms with Crippen molar-refractivity contribution in [3.63, 3.8) is 0 Å². The fourth-order valence-electron chi connectivity index (χ4n) is 1.67. The first-order valence-electron chi connectivity index (χ1n) is 6.05. The van der Waals surface area contributed by atoms with Gasteiger partial charge in [0.25, 0.3) is 0 Å². The number of nitrogens with two attached hydrogens (primary N) is 2.